The van der Waals surface area contributed by atoms with Crippen LogP contribution in [0, 0.1) is 0 Å². The molecule has 0 fully saturated rings. The van der Waals surface area contributed by atoms with E-state index in [1.165, 1.54) is 11.0 Å². The van der Waals surface area contributed by atoms with Crippen molar-refractivity contribution in [1.29, 1.82) is 0 Å². The van der Waals surface area contributed by atoms with E-state index < -0.39 is 5.97 Å². The first kappa shape index (κ1) is 16.2. The molecular formula is C15H22N2O3. The summed E-state index contributed by atoms with van der Waals surface area (Å²) in [6.45, 7) is 0.680. The summed E-state index contributed by atoms with van der Waals surface area (Å²) in [7, 11) is 1.62. The Morgan fingerprint density at radius 2 is 1.80 bits per heavy atom. The molecule has 1 aromatic rings. The number of carbonyl (C=O) groups excluding carboxylic acids is 1. The SMILES string of the molecule is CN(C(=O)CCCCCCN)c1ccccc1C(=O)O. The summed E-state index contributed by atoms with van der Waals surface area (Å²) in [4.78, 5) is 24.6. The Labute approximate surface area is 119 Å². The van der Waals surface area contributed by atoms with Crippen LogP contribution in [0.2, 0.25) is 0 Å². The number of hydrogen-bond acceptors (Lipinski definition) is 3. The van der Waals surface area contributed by atoms with Gasteiger partial charge in [0.05, 0.1) is 11.3 Å². The fourth-order valence-corrected chi connectivity index (χ4v) is 2.02. The van der Waals surface area contributed by atoms with Crippen LogP contribution in [0.15, 0.2) is 24.3 Å². The van der Waals surface area contributed by atoms with Gasteiger partial charge in [0.25, 0.3) is 0 Å². The molecule has 1 amide bonds. The van der Waals surface area contributed by atoms with E-state index in [1.807, 2.05) is 0 Å². The first-order valence-electron chi connectivity index (χ1n) is 6.87. The molecule has 0 radical (unpaired) electrons. The van der Waals surface area contributed by atoms with E-state index in [1.54, 1.807) is 25.2 Å². The minimum Gasteiger partial charge on any atom is -0.478 e. The molecule has 0 aliphatic carbocycles. The van der Waals surface area contributed by atoms with E-state index in [2.05, 4.69) is 0 Å². The second kappa shape index (κ2) is 8.32. The molecule has 0 heterocycles. The van der Waals surface area contributed by atoms with Crippen molar-refractivity contribution in [3.63, 3.8) is 0 Å². The van der Waals surface area contributed by atoms with Crippen molar-refractivity contribution in [2.24, 2.45) is 5.73 Å². The summed E-state index contributed by atoms with van der Waals surface area (Å²) in [6, 6.07) is 6.53. The third kappa shape index (κ3) is 4.66. The van der Waals surface area contributed by atoms with Crippen molar-refractivity contribution >= 4 is 17.6 Å². The lowest BCUT2D eigenvalue weighted by Gasteiger charge is -2.19. The number of unbranched alkanes of at least 4 members (excludes halogenated alkanes) is 3. The van der Waals surface area contributed by atoms with Crippen LogP contribution in [0.3, 0.4) is 0 Å². The van der Waals surface area contributed by atoms with Gasteiger partial charge in [-0.3, -0.25) is 4.79 Å². The second-order valence-corrected chi connectivity index (χ2v) is 4.73. The lowest BCUT2D eigenvalue weighted by Crippen LogP contribution is -2.27. The largest absolute Gasteiger partial charge is 0.478 e. The molecule has 0 saturated carbocycles. The van der Waals surface area contributed by atoms with E-state index in [-0.39, 0.29) is 11.5 Å². The number of nitrogens with zero attached hydrogens (tertiary/aromatic N) is 1. The zero-order valence-electron chi connectivity index (χ0n) is 11.8. The summed E-state index contributed by atoms with van der Waals surface area (Å²) in [6.07, 6.45) is 4.20. The van der Waals surface area contributed by atoms with Gasteiger partial charge in [0, 0.05) is 13.5 Å². The van der Waals surface area contributed by atoms with Gasteiger partial charge >= 0.3 is 5.97 Å². The topological polar surface area (TPSA) is 83.6 Å². The number of anilines is 1. The Hall–Kier alpha value is -1.88. The van der Waals surface area contributed by atoms with Crippen LogP contribution in [0.4, 0.5) is 5.69 Å². The van der Waals surface area contributed by atoms with Crippen LogP contribution < -0.4 is 10.6 Å². The number of benzene rings is 1. The average molecular weight is 278 g/mol. The molecule has 1 aromatic carbocycles. The van der Waals surface area contributed by atoms with Crippen molar-refractivity contribution in [2.45, 2.75) is 32.1 Å². The lowest BCUT2D eigenvalue weighted by molar-refractivity contribution is -0.118. The molecule has 1 rings (SSSR count). The molecule has 0 saturated heterocycles. The number of nitrogens with two attached hydrogens (primary N) is 1. The molecule has 0 bridgehead atoms. The summed E-state index contributed by atoms with van der Waals surface area (Å²) in [5.41, 5.74) is 5.99. The molecule has 0 aromatic heterocycles. The fourth-order valence-electron chi connectivity index (χ4n) is 2.02. The van der Waals surface area contributed by atoms with Crippen LogP contribution in [0.25, 0.3) is 0 Å². The molecule has 0 aliphatic rings. The standard InChI is InChI=1S/C15H22N2O3/c1-17(14(18)10-4-2-3-7-11-16)13-9-6-5-8-12(13)15(19)20/h5-6,8-9H,2-4,7,10-11,16H2,1H3,(H,19,20). The zero-order valence-corrected chi connectivity index (χ0v) is 11.8. The van der Waals surface area contributed by atoms with Gasteiger partial charge < -0.3 is 15.7 Å². The molecule has 0 unspecified atom stereocenters. The van der Waals surface area contributed by atoms with Crippen LogP contribution in [0.1, 0.15) is 42.5 Å². The number of carbonyl (C=O) groups is 2. The molecule has 0 atom stereocenters. The predicted molar refractivity (Wildman–Crippen MR) is 79.0 cm³/mol. The normalized spacial score (nSPS) is 10.3. The Morgan fingerprint density at radius 1 is 1.15 bits per heavy atom. The van der Waals surface area contributed by atoms with Gasteiger partial charge in [-0.1, -0.05) is 25.0 Å². The van der Waals surface area contributed by atoms with Crippen LogP contribution in [-0.4, -0.2) is 30.6 Å². The molecule has 3 N–H and O–H groups in total. The van der Waals surface area contributed by atoms with Crippen molar-refractivity contribution < 1.29 is 14.7 Å². The highest BCUT2D eigenvalue weighted by atomic mass is 16.4. The Bertz CT molecular complexity index is 460. The summed E-state index contributed by atoms with van der Waals surface area (Å²) < 4.78 is 0. The van der Waals surface area contributed by atoms with Crippen LogP contribution in [-0.2, 0) is 4.79 Å². The van der Waals surface area contributed by atoms with Gasteiger partial charge in [0.15, 0.2) is 0 Å². The number of amides is 1. The van der Waals surface area contributed by atoms with Gasteiger partial charge in [0.1, 0.15) is 0 Å². The number of carboxylic acids is 1. The predicted octanol–water partition coefficient (Wildman–Crippen LogP) is 2.26. The third-order valence-corrected chi connectivity index (χ3v) is 3.21. The van der Waals surface area contributed by atoms with Gasteiger partial charge in [0.2, 0.25) is 5.91 Å². The van der Waals surface area contributed by atoms with E-state index in [4.69, 9.17) is 10.8 Å². The first-order valence-corrected chi connectivity index (χ1v) is 6.87. The molecule has 110 valence electrons. The lowest BCUT2D eigenvalue weighted by atomic mass is 10.1. The first-order chi connectivity index (χ1) is 9.57. The van der Waals surface area contributed by atoms with Crippen LogP contribution in [0.5, 0.6) is 0 Å². The molecule has 5 nitrogen and oxygen atoms in total. The summed E-state index contributed by atoms with van der Waals surface area (Å²) >= 11 is 0. The average Bonchev–Trinajstić information content (AvgIpc) is 2.46. The second-order valence-electron chi connectivity index (χ2n) is 4.73. The molecule has 20 heavy (non-hydrogen) atoms. The van der Waals surface area contributed by atoms with Crippen LogP contribution >= 0.6 is 0 Å². The number of para-hydroxylation sites is 1. The molecular weight excluding hydrogens is 256 g/mol. The Balaban J connectivity index is 2.59. The highest BCUT2D eigenvalue weighted by molar-refractivity contribution is 6.01. The maximum atomic E-state index is 12.1. The minimum atomic E-state index is -1.02. The van der Waals surface area contributed by atoms with Crippen molar-refractivity contribution in [2.75, 3.05) is 18.5 Å². The molecule has 0 spiro atoms. The zero-order chi connectivity index (χ0) is 15.0. The summed E-state index contributed by atoms with van der Waals surface area (Å²) in [5, 5.41) is 9.12. The van der Waals surface area contributed by atoms with Crippen molar-refractivity contribution in [3.05, 3.63) is 29.8 Å². The number of rotatable bonds is 8. The minimum absolute atomic E-state index is 0.0635. The van der Waals surface area contributed by atoms with Crippen molar-refractivity contribution in [1.82, 2.24) is 0 Å². The van der Waals surface area contributed by atoms with Gasteiger partial charge in [-0.05, 0) is 31.5 Å². The van der Waals surface area contributed by atoms with Crippen molar-refractivity contribution in [3.8, 4) is 0 Å². The van der Waals surface area contributed by atoms with Gasteiger partial charge in [-0.15, -0.1) is 0 Å². The highest BCUT2D eigenvalue weighted by Crippen LogP contribution is 2.20. The molecule has 5 heteroatoms. The fraction of sp³-hybridized carbons (Fsp3) is 0.467. The van der Waals surface area contributed by atoms with E-state index in [0.717, 1.165) is 25.7 Å². The highest BCUT2D eigenvalue weighted by Gasteiger charge is 2.17. The maximum Gasteiger partial charge on any atom is 0.337 e. The van der Waals surface area contributed by atoms with Gasteiger partial charge in [-0.2, -0.15) is 0 Å². The van der Waals surface area contributed by atoms with E-state index in [0.29, 0.717) is 18.7 Å². The molecule has 0 aliphatic heterocycles. The third-order valence-electron chi connectivity index (χ3n) is 3.21. The number of hydrogen-bond donors (Lipinski definition) is 2. The monoisotopic (exact) mass is 278 g/mol. The number of carboxylic acid groups (broad SMARTS) is 1. The smallest absolute Gasteiger partial charge is 0.337 e. The number of aromatic carboxylic acids is 1. The van der Waals surface area contributed by atoms with Gasteiger partial charge in [-0.25, -0.2) is 4.79 Å². The Morgan fingerprint density at radius 3 is 2.45 bits per heavy atom. The Kier molecular flexibility index (Phi) is 6.73. The van der Waals surface area contributed by atoms with E-state index in [9.17, 15) is 9.59 Å². The quantitative estimate of drug-likeness (QED) is 0.714. The van der Waals surface area contributed by atoms with E-state index >= 15 is 0 Å². The summed E-state index contributed by atoms with van der Waals surface area (Å²) in [5.74, 6) is -1.09. The maximum absolute atomic E-state index is 12.1.